The molecule has 0 saturated heterocycles. The van der Waals surface area contributed by atoms with Gasteiger partial charge in [0.05, 0.1) is 11.5 Å². The van der Waals surface area contributed by atoms with E-state index in [0.29, 0.717) is 5.56 Å². The lowest BCUT2D eigenvalue weighted by Crippen LogP contribution is -2.18. The predicted molar refractivity (Wildman–Crippen MR) is 75.5 cm³/mol. The van der Waals surface area contributed by atoms with Crippen molar-refractivity contribution < 1.29 is 17.9 Å². The molecule has 0 spiro atoms. The van der Waals surface area contributed by atoms with E-state index < -0.39 is 16.0 Å². The Labute approximate surface area is 118 Å². The predicted octanol–water partition coefficient (Wildman–Crippen LogP) is 2.04. The molecule has 0 bridgehead atoms. The van der Waals surface area contributed by atoms with Gasteiger partial charge in [-0.25, -0.2) is 4.79 Å². The van der Waals surface area contributed by atoms with Gasteiger partial charge >= 0.3 is 5.97 Å². The normalized spacial score (nSPS) is 16.5. The van der Waals surface area contributed by atoms with Gasteiger partial charge in [-0.05, 0) is 30.0 Å². The summed E-state index contributed by atoms with van der Waals surface area (Å²) in [6.45, 7) is 7.87. The molecule has 0 radical (unpaired) electrons. The van der Waals surface area contributed by atoms with Crippen LogP contribution in [0.5, 0.6) is 0 Å². The summed E-state index contributed by atoms with van der Waals surface area (Å²) < 4.78 is 32.3. The Bertz CT molecular complexity index is 696. The van der Waals surface area contributed by atoms with Crippen molar-refractivity contribution in [2.24, 2.45) is 4.40 Å². The van der Waals surface area contributed by atoms with Crippen LogP contribution in [0.15, 0.2) is 27.5 Å². The van der Waals surface area contributed by atoms with Gasteiger partial charge in [0.25, 0.3) is 10.0 Å². The monoisotopic (exact) mass is 295 g/mol. The van der Waals surface area contributed by atoms with Crippen LogP contribution in [0, 0.1) is 0 Å². The molecule has 1 aliphatic rings. The fraction of sp³-hybridized carbons (Fsp3) is 0.429. The summed E-state index contributed by atoms with van der Waals surface area (Å²) in [6, 6.07) is 4.95. The number of nitrogens with zero attached hydrogens (tertiary/aromatic N) is 1. The van der Waals surface area contributed by atoms with Crippen molar-refractivity contribution in [3.8, 4) is 0 Å². The number of hydrogen-bond donors (Lipinski definition) is 0. The van der Waals surface area contributed by atoms with Crippen LogP contribution in [-0.4, -0.2) is 26.7 Å². The number of carbonyl (C=O) groups excluding carboxylic acids is 1. The first-order valence-electron chi connectivity index (χ1n) is 6.34. The Morgan fingerprint density at radius 2 is 1.95 bits per heavy atom. The van der Waals surface area contributed by atoms with Crippen LogP contribution in [0.4, 0.5) is 0 Å². The highest BCUT2D eigenvalue weighted by molar-refractivity contribution is 7.90. The molecule has 1 aromatic rings. The molecule has 20 heavy (non-hydrogen) atoms. The van der Waals surface area contributed by atoms with E-state index in [1.807, 2.05) is 20.8 Å². The number of rotatable bonds is 2. The van der Waals surface area contributed by atoms with Crippen molar-refractivity contribution in [2.45, 2.75) is 38.0 Å². The van der Waals surface area contributed by atoms with Gasteiger partial charge in [0, 0.05) is 5.56 Å². The summed E-state index contributed by atoms with van der Waals surface area (Å²) in [4.78, 5) is 11.9. The molecule has 1 aliphatic heterocycles. The zero-order chi connectivity index (χ0) is 15.1. The number of esters is 1. The number of carbonyl (C=O) groups is 1. The molecule has 108 valence electrons. The van der Waals surface area contributed by atoms with Crippen molar-refractivity contribution in [1.82, 2.24) is 0 Å². The van der Waals surface area contributed by atoms with Gasteiger partial charge in [-0.15, -0.1) is 0 Å². The number of fused-ring (bicyclic) bond motifs is 1. The van der Waals surface area contributed by atoms with Crippen molar-refractivity contribution >= 4 is 21.7 Å². The molecule has 0 aliphatic carbocycles. The standard InChI is InChI=1S/C14H17NO4S/c1-5-19-13(16)12-10-8-9(14(2,3)4)6-7-11(10)20(17,18)15-12/h6-8H,5H2,1-4H3. The van der Waals surface area contributed by atoms with E-state index in [2.05, 4.69) is 4.40 Å². The molecule has 0 fully saturated rings. The fourth-order valence-corrected chi connectivity index (χ4v) is 3.16. The maximum absolute atomic E-state index is 11.9. The van der Waals surface area contributed by atoms with Gasteiger partial charge in [-0.2, -0.15) is 12.8 Å². The summed E-state index contributed by atoms with van der Waals surface area (Å²) in [7, 11) is -3.79. The second kappa shape index (κ2) is 4.70. The second-order valence-corrected chi connectivity index (χ2v) is 7.17. The fourth-order valence-electron chi connectivity index (χ4n) is 1.97. The SMILES string of the molecule is CCOC(=O)C1=NS(=O)(=O)c2ccc(C(C)(C)C)cc21. The van der Waals surface area contributed by atoms with E-state index in [-0.39, 0.29) is 22.6 Å². The molecule has 2 rings (SSSR count). The van der Waals surface area contributed by atoms with Gasteiger partial charge in [0.2, 0.25) is 0 Å². The lowest BCUT2D eigenvalue weighted by molar-refractivity contribution is -0.134. The summed E-state index contributed by atoms with van der Waals surface area (Å²) in [6.07, 6.45) is 0. The average Bonchev–Trinajstić information content (AvgIpc) is 2.60. The van der Waals surface area contributed by atoms with Gasteiger partial charge < -0.3 is 4.74 Å². The topological polar surface area (TPSA) is 72.8 Å². The molecular weight excluding hydrogens is 278 g/mol. The summed E-state index contributed by atoms with van der Waals surface area (Å²) in [5.41, 5.74) is 0.982. The van der Waals surface area contributed by atoms with Crippen LogP contribution in [0.3, 0.4) is 0 Å². The molecular formula is C14H17NO4S. The molecule has 0 unspecified atom stereocenters. The largest absolute Gasteiger partial charge is 0.461 e. The van der Waals surface area contributed by atoms with E-state index in [0.717, 1.165) is 5.56 Å². The average molecular weight is 295 g/mol. The van der Waals surface area contributed by atoms with Crippen molar-refractivity contribution in [1.29, 1.82) is 0 Å². The van der Waals surface area contributed by atoms with E-state index in [4.69, 9.17) is 4.74 Å². The summed E-state index contributed by atoms with van der Waals surface area (Å²) in [5, 5.41) is 0. The molecule has 0 amide bonds. The van der Waals surface area contributed by atoms with Gasteiger partial charge in [0.1, 0.15) is 0 Å². The highest BCUT2D eigenvalue weighted by Gasteiger charge is 2.34. The van der Waals surface area contributed by atoms with Crippen LogP contribution in [0.2, 0.25) is 0 Å². The second-order valence-electron chi connectivity index (χ2n) is 5.60. The third-order valence-corrected chi connectivity index (χ3v) is 4.39. The van der Waals surface area contributed by atoms with Gasteiger partial charge in [0.15, 0.2) is 5.71 Å². The number of benzene rings is 1. The molecule has 0 aromatic heterocycles. The highest BCUT2D eigenvalue weighted by atomic mass is 32.2. The third-order valence-electron chi connectivity index (χ3n) is 3.06. The summed E-state index contributed by atoms with van der Waals surface area (Å²) in [5.74, 6) is -0.708. The maximum atomic E-state index is 11.9. The Morgan fingerprint density at radius 3 is 2.50 bits per heavy atom. The minimum Gasteiger partial charge on any atom is -0.461 e. The molecule has 6 heteroatoms. The smallest absolute Gasteiger partial charge is 0.358 e. The minimum atomic E-state index is -3.79. The Morgan fingerprint density at radius 1 is 1.30 bits per heavy atom. The molecule has 0 N–H and O–H groups in total. The Balaban J connectivity index is 2.61. The molecule has 0 atom stereocenters. The molecule has 1 aromatic carbocycles. The Kier molecular flexibility index (Phi) is 3.46. The lowest BCUT2D eigenvalue weighted by atomic mass is 9.86. The maximum Gasteiger partial charge on any atom is 0.358 e. The zero-order valence-corrected chi connectivity index (χ0v) is 12.7. The quantitative estimate of drug-likeness (QED) is 0.783. The first-order chi connectivity index (χ1) is 9.16. The molecule has 0 saturated carbocycles. The minimum absolute atomic E-state index is 0.0635. The van der Waals surface area contributed by atoms with E-state index >= 15 is 0 Å². The van der Waals surface area contributed by atoms with Crippen molar-refractivity contribution in [2.75, 3.05) is 6.61 Å². The molecule has 1 heterocycles. The number of ether oxygens (including phenoxy) is 1. The first kappa shape index (κ1) is 14.7. The van der Waals surface area contributed by atoms with Crippen LogP contribution < -0.4 is 0 Å². The highest BCUT2D eigenvalue weighted by Crippen LogP contribution is 2.31. The summed E-state index contributed by atoms with van der Waals surface area (Å²) >= 11 is 0. The molecule has 5 nitrogen and oxygen atoms in total. The van der Waals surface area contributed by atoms with Crippen LogP contribution >= 0.6 is 0 Å². The lowest BCUT2D eigenvalue weighted by Gasteiger charge is -2.19. The Hall–Kier alpha value is -1.69. The van der Waals surface area contributed by atoms with Crippen LogP contribution in [0.1, 0.15) is 38.8 Å². The van der Waals surface area contributed by atoms with Crippen molar-refractivity contribution in [3.05, 3.63) is 29.3 Å². The first-order valence-corrected chi connectivity index (χ1v) is 7.78. The van der Waals surface area contributed by atoms with E-state index in [1.165, 1.54) is 6.07 Å². The number of sulfonamides is 1. The van der Waals surface area contributed by atoms with E-state index in [9.17, 15) is 13.2 Å². The third kappa shape index (κ3) is 2.47. The van der Waals surface area contributed by atoms with Gasteiger partial charge in [-0.1, -0.05) is 26.8 Å². The van der Waals surface area contributed by atoms with Crippen LogP contribution in [0.25, 0.3) is 0 Å². The van der Waals surface area contributed by atoms with E-state index in [1.54, 1.807) is 19.1 Å². The van der Waals surface area contributed by atoms with Gasteiger partial charge in [-0.3, -0.25) is 0 Å². The number of hydrogen-bond acceptors (Lipinski definition) is 4. The zero-order valence-electron chi connectivity index (χ0n) is 11.9. The van der Waals surface area contributed by atoms with Crippen LogP contribution in [-0.2, 0) is 25.0 Å². The van der Waals surface area contributed by atoms with Crippen molar-refractivity contribution in [3.63, 3.8) is 0 Å².